The molecule has 1 aromatic heterocycles. The number of ketones is 1. The number of benzene rings is 2. The molecule has 150 valence electrons. The highest BCUT2D eigenvalue weighted by atomic mass is 32.2. The lowest BCUT2D eigenvalue weighted by molar-refractivity contribution is -0.115. The van der Waals surface area contributed by atoms with E-state index in [1.165, 1.54) is 24.2 Å². The van der Waals surface area contributed by atoms with Crippen LogP contribution in [0.2, 0.25) is 0 Å². The van der Waals surface area contributed by atoms with Crippen molar-refractivity contribution in [1.29, 1.82) is 0 Å². The second-order valence-corrected chi connectivity index (χ2v) is 8.31. The number of rotatable bonds is 7. The van der Waals surface area contributed by atoms with E-state index in [-0.39, 0.29) is 11.7 Å². The third kappa shape index (κ3) is 5.08. The van der Waals surface area contributed by atoms with Crippen molar-refractivity contribution in [3.63, 3.8) is 0 Å². The molecule has 0 saturated heterocycles. The number of amides is 1. The van der Waals surface area contributed by atoms with Crippen molar-refractivity contribution in [3.05, 3.63) is 59.7 Å². The third-order valence-corrected chi connectivity index (χ3v) is 5.47. The number of hydrogen-bond donors (Lipinski definition) is 1. The summed E-state index contributed by atoms with van der Waals surface area (Å²) in [5.41, 5.74) is 3.20. The molecule has 3 aromatic rings. The van der Waals surface area contributed by atoms with Gasteiger partial charge in [-0.3, -0.25) is 9.59 Å². The summed E-state index contributed by atoms with van der Waals surface area (Å²) >= 11 is 1.27. The zero-order valence-electron chi connectivity index (χ0n) is 16.8. The summed E-state index contributed by atoms with van der Waals surface area (Å²) in [7, 11) is 0. The van der Waals surface area contributed by atoms with Gasteiger partial charge in [0.2, 0.25) is 11.1 Å². The van der Waals surface area contributed by atoms with Crippen molar-refractivity contribution in [2.45, 2.75) is 44.0 Å². The average molecular weight is 410 g/mol. The predicted octanol–water partition coefficient (Wildman–Crippen LogP) is 4.11. The minimum atomic E-state index is -0.435. The summed E-state index contributed by atoms with van der Waals surface area (Å²) in [4.78, 5) is 24.1. The molecule has 0 aliphatic rings. The summed E-state index contributed by atoms with van der Waals surface area (Å²) in [5, 5.41) is 14.8. The van der Waals surface area contributed by atoms with Gasteiger partial charge >= 0.3 is 0 Å². The van der Waals surface area contributed by atoms with Crippen molar-refractivity contribution in [2.24, 2.45) is 0 Å². The number of nitrogens with one attached hydrogen (secondary N) is 1. The molecule has 0 aliphatic carbocycles. The fourth-order valence-corrected chi connectivity index (χ4v) is 3.49. The molecule has 1 amide bonds. The topological polar surface area (TPSA) is 89.8 Å². The Labute approximate surface area is 173 Å². The molecular formula is C21H23N5O2S. The van der Waals surface area contributed by atoms with Gasteiger partial charge in [0.1, 0.15) is 0 Å². The van der Waals surface area contributed by atoms with Crippen molar-refractivity contribution in [3.8, 4) is 5.69 Å². The van der Waals surface area contributed by atoms with E-state index in [0.717, 1.165) is 5.69 Å². The molecule has 1 atom stereocenters. The SMILES string of the molecule is CC(=O)c1cccc(NC(=O)C(C)Sc2nnnn2-c2ccc(C(C)C)cc2)c1. The van der Waals surface area contributed by atoms with Gasteiger partial charge in [0, 0.05) is 11.3 Å². The van der Waals surface area contributed by atoms with Gasteiger partial charge in [-0.2, -0.15) is 4.68 Å². The Kier molecular flexibility index (Phi) is 6.43. The molecule has 0 aliphatic heterocycles. The fraction of sp³-hybridized carbons (Fsp3) is 0.286. The lowest BCUT2D eigenvalue weighted by Gasteiger charge is -2.12. The molecule has 0 bridgehead atoms. The number of nitrogens with zero attached hydrogens (tertiary/aromatic N) is 4. The number of thioether (sulfide) groups is 1. The Morgan fingerprint density at radius 1 is 1.07 bits per heavy atom. The van der Waals surface area contributed by atoms with Crippen LogP contribution in [0.4, 0.5) is 5.69 Å². The van der Waals surface area contributed by atoms with E-state index in [2.05, 4.69) is 34.7 Å². The number of hydrogen-bond acceptors (Lipinski definition) is 6. The first kappa shape index (κ1) is 20.7. The van der Waals surface area contributed by atoms with Crippen LogP contribution in [-0.2, 0) is 4.79 Å². The van der Waals surface area contributed by atoms with E-state index in [4.69, 9.17) is 0 Å². The fourth-order valence-electron chi connectivity index (χ4n) is 2.69. The first-order chi connectivity index (χ1) is 13.8. The first-order valence-electron chi connectivity index (χ1n) is 9.32. The number of tetrazole rings is 1. The monoisotopic (exact) mass is 409 g/mol. The Bertz CT molecular complexity index is 1010. The number of Topliss-reactive ketones (excluding diaryl/α,β-unsaturated/α-hetero) is 1. The molecule has 1 N–H and O–H groups in total. The van der Waals surface area contributed by atoms with Crippen LogP contribution in [0.3, 0.4) is 0 Å². The summed E-state index contributed by atoms with van der Waals surface area (Å²) < 4.78 is 1.62. The molecule has 1 heterocycles. The van der Waals surface area contributed by atoms with Crippen LogP contribution < -0.4 is 5.32 Å². The Morgan fingerprint density at radius 3 is 2.45 bits per heavy atom. The lowest BCUT2D eigenvalue weighted by Crippen LogP contribution is -2.23. The van der Waals surface area contributed by atoms with E-state index in [1.807, 2.05) is 24.3 Å². The minimum absolute atomic E-state index is 0.0498. The summed E-state index contributed by atoms with van der Waals surface area (Å²) in [5.74, 6) is 0.198. The van der Waals surface area contributed by atoms with Crippen LogP contribution in [-0.4, -0.2) is 37.1 Å². The maximum Gasteiger partial charge on any atom is 0.237 e. The summed E-state index contributed by atoms with van der Waals surface area (Å²) in [6.45, 7) is 7.56. The van der Waals surface area contributed by atoms with E-state index in [9.17, 15) is 9.59 Å². The van der Waals surface area contributed by atoms with Gasteiger partial charge in [0.15, 0.2) is 5.78 Å². The second-order valence-electron chi connectivity index (χ2n) is 7.01. The quantitative estimate of drug-likeness (QED) is 0.467. The van der Waals surface area contributed by atoms with Gasteiger partial charge in [0.05, 0.1) is 10.9 Å². The van der Waals surface area contributed by atoms with Gasteiger partial charge in [-0.15, -0.1) is 5.10 Å². The van der Waals surface area contributed by atoms with Gasteiger partial charge in [-0.1, -0.05) is 49.9 Å². The van der Waals surface area contributed by atoms with Crippen LogP contribution in [0.15, 0.2) is 53.7 Å². The van der Waals surface area contributed by atoms with Crippen molar-refractivity contribution >= 4 is 29.1 Å². The van der Waals surface area contributed by atoms with Crippen molar-refractivity contribution < 1.29 is 9.59 Å². The molecule has 0 saturated carbocycles. The molecule has 0 fully saturated rings. The van der Waals surface area contributed by atoms with E-state index >= 15 is 0 Å². The Morgan fingerprint density at radius 2 is 1.79 bits per heavy atom. The number of carbonyl (C=O) groups excluding carboxylic acids is 2. The zero-order chi connectivity index (χ0) is 21.0. The van der Waals surface area contributed by atoms with Gasteiger partial charge in [-0.05, 0) is 60.0 Å². The second kappa shape index (κ2) is 9.00. The Hall–Kier alpha value is -3.00. The normalized spacial score (nSPS) is 12.0. The highest BCUT2D eigenvalue weighted by Crippen LogP contribution is 2.25. The van der Waals surface area contributed by atoms with Gasteiger partial charge in [-0.25, -0.2) is 0 Å². The highest BCUT2D eigenvalue weighted by molar-refractivity contribution is 8.00. The molecular weight excluding hydrogens is 386 g/mol. The van der Waals surface area contributed by atoms with Crippen LogP contribution >= 0.6 is 11.8 Å². The van der Waals surface area contributed by atoms with Crippen molar-refractivity contribution in [2.75, 3.05) is 5.32 Å². The molecule has 0 spiro atoms. The zero-order valence-corrected chi connectivity index (χ0v) is 17.6. The molecule has 3 rings (SSSR count). The van der Waals surface area contributed by atoms with E-state index in [1.54, 1.807) is 35.9 Å². The van der Waals surface area contributed by atoms with E-state index in [0.29, 0.717) is 22.3 Å². The molecule has 29 heavy (non-hydrogen) atoms. The first-order valence-corrected chi connectivity index (χ1v) is 10.2. The predicted molar refractivity (Wildman–Crippen MR) is 114 cm³/mol. The van der Waals surface area contributed by atoms with E-state index < -0.39 is 5.25 Å². The lowest BCUT2D eigenvalue weighted by atomic mass is 10.0. The minimum Gasteiger partial charge on any atom is -0.325 e. The highest BCUT2D eigenvalue weighted by Gasteiger charge is 2.19. The number of carbonyl (C=O) groups is 2. The standard InChI is InChI=1S/C21H23N5O2S/c1-13(2)16-8-10-19(11-9-16)26-21(23-24-25-26)29-15(4)20(28)22-18-7-5-6-17(12-18)14(3)27/h5-13,15H,1-4H3,(H,22,28). The van der Waals surface area contributed by atoms with Crippen LogP contribution in [0.25, 0.3) is 5.69 Å². The third-order valence-electron chi connectivity index (χ3n) is 4.43. The van der Waals surface area contributed by atoms with Crippen LogP contribution in [0, 0.1) is 0 Å². The summed E-state index contributed by atoms with van der Waals surface area (Å²) in [6, 6.07) is 14.9. The van der Waals surface area contributed by atoms with Crippen LogP contribution in [0.1, 0.15) is 49.5 Å². The van der Waals surface area contributed by atoms with Gasteiger partial charge in [0.25, 0.3) is 0 Å². The molecule has 7 nitrogen and oxygen atoms in total. The molecule has 2 aromatic carbocycles. The molecule has 0 radical (unpaired) electrons. The van der Waals surface area contributed by atoms with Crippen molar-refractivity contribution in [1.82, 2.24) is 20.2 Å². The largest absolute Gasteiger partial charge is 0.325 e. The van der Waals surface area contributed by atoms with Gasteiger partial charge < -0.3 is 5.32 Å². The summed E-state index contributed by atoms with van der Waals surface area (Å²) in [6.07, 6.45) is 0. The molecule has 8 heteroatoms. The molecule has 1 unspecified atom stereocenters. The maximum atomic E-state index is 12.6. The maximum absolute atomic E-state index is 12.6. The number of anilines is 1. The number of aromatic nitrogens is 4. The smallest absolute Gasteiger partial charge is 0.237 e. The Balaban J connectivity index is 1.70. The van der Waals surface area contributed by atoms with Crippen LogP contribution in [0.5, 0.6) is 0 Å². The average Bonchev–Trinajstić information content (AvgIpc) is 3.16.